The van der Waals surface area contributed by atoms with Crippen molar-refractivity contribution < 1.29 is 0 Å². The molecule has 0 spiro atoms. The highest BCUT2D eigenvalue weighted by atomic mass is 127. The molecule has 0 radical (unpaired) electrons. The van der Waals surface area contributed by atoms with Crippen molar-refractivity contribution in [3.05, 3.63) is 22.4 Å². The molecule has 1 heterocycles. The number of nitrogens with one attached hydrogen (secondary N) is 2. The molecule has 0 saturated carbocycles. The highest BCUT2D eigenvalue weighted by molar-refractivity contribution is 14.0. The molecule has 2 atom stereocenters. The lowest BCUT2D eigenvalue weighted by atomic mass is 10.1. The molecule has 1 aromatic heterocycles. The van der Waals surface area contributed by atoms with Crippen LogP contribution in [-0.4, -0.2) is 44.1 Å². The van der Waals surface area contributed by atoms with E-state index in [0.717, 1.165) is 19.0 Å². The molecule has 1 aromatic rings. The summed E-state index contributed by atoms with van der Waals surface area (Å²) in [7, 11) is 4.22. The van der Waals surface area contributed by atoms with Gasteiger partial charge in [0.05, 0.1) is 12.6 Å². The van der Waals surface area contributed by atoms with Gasteiger partial charge in [0, 0.05) is 17.5 Å². The van der Waals surface area contributed by atoms with Crippen LogP contribution in [0.3, 0.4) is 0 Å². The molecule has 0 aliphatic heterocycles. The van der Waals surface area contributed by atoms with Crippen molar-refractivity contribution in [1.29, 1.82) is 0 Å². The molecular weight excluding hydrogens is 407 g/mol. The molecule has 128 valence electrons. The lowest BCUT2D eigenvalue weighted by Crippen LogP contribution is -2.44. The molecule has 0 fully saturated rings. The average molecular weight is 438 g/mol. The fraction of sp³-hybridized carbons (Fsp3) is 0.688. The van der Waals surface area contributed by atoms with Crippen molar-refractivity contribution in [2.75, 3.05) is 27.2 Å². The van der Waals surface area contributed by atoms with Gasteiger partial charge in [-0.05, 0) is 45.3 Å². The SMILES string of the molecule is CCNC(=NCC(c1cccs1)N(C)C)NC(C)C(C)C.I. The smallest absolute Gasteiger partial charge is 0.191 e. The number of rotatable bonds is 7. The second-order valence-corrected chi connectivity index (χ2v) is 6.87. The van der Waals surface area contributed by atoms with Crippen LogP contribution < -0.4 is 10.6 Å². The summed E-state index contributed by atoms with van der Waals surface area (Å²) < 4.78 is 0. The van der Waals surface area contributed by atoms with Gasteiger partial charge in [0.25, 0.3) is 0 Å². The van der Waals surface area contributed by atoms with Gasteiger partial charge in [-0.1, -0.05) is 19.9 Å². The standard InChI is InChI=1S/C16H30N4S.HI/c1-7-17-16(19-13(4)12(2)3)18-11-14(20(5)6)15-9-8-10-21-15;/h8-10,12-14H,7,11H2,1-6H3,(H2,17,18,19);1H. The molecule has 0 amide bonds. The number of thiophene rings is 1. The molecule has 0 aromatic carbocycles. The Hall–Kier alpha value is -0.340. The maximum Gasteiger partial charge on any atom is 0.191 e. The van der Waals surface area contributed by atoms with Gasteiger partial charge in [-0.25, -0.2) is 0 Å². The molecule has 0 aliphatic carbocycles. The van der Waals surface area contributed by atoms with Crippen molar-refractivity contribution in [2.24, 2.45) is 10.9 Å². The Kier molecular flexibility index (Phi) is 11.1. The van der Waals surface area contributed by atoms with Gasteiger partial charge >= 0.3 is 0 Å². The van der Waals surface area contributed by atoms with Gasteiger partial charge in [-0.3, -0.25) is 4.99 Å². The second kappa shape index (κ2) is 11.2. The zero-order valence-electron chi connectivity index (χ0n) is 14.6. The van der Waals surface area contributed by atoms with E-state index in [2.05, 4.69) is 74.8 Å². The zero-order chi connectivity index (χ0) is 15.8. The number of guanidine groups is 1. The van der Waals surface area contributed by atoms with Crippen LogP contribution in [0.1, 0.15) is 38.6 Å². The Labute approximate surface area is 156 Å². The predicted octanol–water partition coefficient (Wildman–Crippen LogP) is 3.57. The van der Waals surface area contributed by atoms with E-state index < -0.39 is 0 Å². The molecule has 1 rings (SSSR count). The van der Waals surface area contributed by atoms with Crippen LogP contribution in [0.25, 0.3) is 0 Å². The number of hydrogen-bond acceptors (Lipinski definition) is 3. The van der Waals surface area contributed by atoms with Crippen molar-refractivity contribution in [1.82, 2.24) is 15.5 Å². The van der Waals surface area contributed by atoms with Crippen LogP contribution in [0, 0.1) is 5.92 Å². The minimum atomic E-state index is 0. The molecule has 22 heavy (non-hydrogen) atoms. The number of aliphatic imine (C=N–C) groups is 1. The highest BCUT2D eigenvalue weighted by Gasteiger charge is 2.15. The fourth-order valence-electron chi connectivity index (χ4n) is 1.87. The van der Waals surface area contributed by atoms with Crippen LogP contribution in [0.2, 0.25) is 0 Å². The molecule has 2 N–H and O–H groups in total. The molecule has 0 saturated heterocycles. The van der Waals surface area contributed by atoms with Crippen molar-refractivity contribution in [3.8, 4) is 0 Å². The second-order valence-electron chi connectivity index (χ2n) is 5.89. The Morgan fingerprint density at radius 1 is 1.32 bits per heavy atom. The quantitative estimate of drug-likeness (QED) is 0.389. The maximum absolute atomic E-state index is 4.77. The minimum absolute atomic E-state index is 0. The normalized spacial score (nSPS) is 14.6. The van der Waals surface area contributed by atoms with Gasteiger partial charge in [-0.15, -0.1) is 35.3 Å². The lowest BCUT2D eigenvalue weighted by molar-refractivity contribution is 0.310. The van der Waals surface area contributed by atoms with Crippen LogP contribution in [0.5, 0.6) is 0 Å². The van der Waals surface area contributed by atoms with E-state index in [1.807, 2.05) is 0 Å². The van der Waals surface area contributed by atoms with Crippen molar-refractivity contribution in [3.63, 3.8) is 0 Å². The lowest BCUT2D eigenvalue weighted by Gasteiger charge is -2.24. The largest absolute Gasteiger partial charge is 0.357 e. The first-order chi connectivity index (χ1) is 9.95. The van der Waals surface area contributed by atoms with Crippen LogP contribution >= 0.6 is 35.3 Å². The third kappa shape index (κ3) is 7.28. The predicted molar refractivity (Wildman–Crippen MR) is 110 cm³/mol. The van der Waals surface area contributed by atoms with E-state index in [0.29, 0.717) is 18.0 Å². The number of likely N-dealkylation sites (N-methyl/N-ethyl adjacent to an activating group) is 1. The van der Waals surface area contributed by atoms with Crippen LogP contribution in [0.15, 0.2) is 22.5 Å². The Balaban J connectivity index is 0.00000441. The summed E-state index contributed by atoms with van der Waals surface area (Å²) in [6.07, 6.45) is 0. The first-order valence-electron chi connectivity index (χ1n) is 7.70. The highest BCUT2D eigenvalue weighted by Crippen LogP contribution is 2.23. The van der Waals surface area contributed by atoms with E-state index in [1.165, 1.54) is 4.88 Å². The van der Waals surface area contributed by atoms with E-state index in [1.54, 1.807) is 11.3 Å². The first kappa shape index (κ1) is 21.7. The van der Waals surface area contributed by atoms with Crippen molar-refractivity contribution >= 4 is 41.3 Å². The third-order valence-electron chi connectivity index (χ3n) is 3.63. The van der Waals surface area contributed by atoms with E-state index in [9.17, 15) is 0 Å². The van der Waals surface area contributed by atoms with Crippen LogP contribution in [-0.2, 0) is 0 Å². The number of hydrogen-bond donors (Lipinski definition) is 2. The third-order valence-corrected chi connectivity index (χ3v) is 4.60. The van der Waals surface area contributed by atoms with Gasteiger partial charge in [0.2, 0.25) is 0 Å². The molecule has 0 bridgehead atoms. The summed E-state index contributed by atoms with van der Waals surface area (Å²) in [5, 5.41) is 8.94. The summed E-state index contributed by atoms with van der Waals surface area (Å²) in [5.41, 5.74) is 0. The van der Waals surface area contributed by atoms with E-state index in [4.69, 9.17) is 4.99 Å². The summed E-state index contributed by atoms with van der Waals surface area (Å²) in [6.45, 7) is 10.4. The van der Waals surface area contributed by atoms with Crippen molar-refractivity contribution in [2.45, 2.75) is 39.8 Å². The summed E-state index contributed by atoms with van der Waals surface area (Å²) in [5.74, 6) is 1.48. The number of nitrogens with zero attached hydrogens (tertiary/aromatic N) is 2. The fourth-order valence-corrected chi connectivity index (χ4v) is 2.78. The monoisotopic (exact) mass is 438 g/mol. The summed E-state index contributed by atoms with van der Waals surface area (Å²) in [4.78, 5) is 8.36. The van der Waals surface area contributed by atoms with Gasteiger partial charge in [-0.2, -0.15) is 0 Å². The molecule has 2 unspecified atom stereocenters. The van der Waals surface area contributed by atoms with Gasteiger partial charge in [0.15, 0.2) is 5.96 Å². The summed E-state index contributed by atoms with van der Waals surface area (Å²) >= 11 is 1.79. The van der Waals surface area contributed by atoms with Gasteiger partial charge < -0.3 is 15.5 Å². The minimum Gasteiger partial charge on any atom is -0.357 e. The van der Waals surface area contributed by atoms with Gasteiger partial charge in [0.1, 0.15) is 0 Å². The maximum atomic E-state index is 4.77. The topological polar surface area (TPSA) is 39.7 Å². The van der Waals surface area contributed by atoms with Crippen LogP contribution in [0.4, 0.5) is 0 Å². The number of halogens is 1. The average Bonchev–Trinajstić information content (AvgIpc) is 2.92. The molecular formula is C16H31IN4S. The Bertz CT molecular complexity index is 418. The molecule has 6 heteroatoms. The first-order valence-corrected chi connectivity index (χ1v) is 8.58. The van der Waals surface area contributed by atoms with E-state index in [-0.39, 0.29) is 24.0 Å². The Morgan fingerprint density at radius 3 is 2.45 bits per heavy atom. The molecule has 4 nitrogen and oxygen atoms in total. The zero-order valence-corrected chi connectivity index (χ0v) is 17.7. The Morgan fingerprint density at radius 2 is 2.00 bits per heavy atom. The molecule has 0 aliphatic rings. The van der Waals surface area contributed by atoms with E-state index >= 15 is 0 Å². The summed E-state index contributed by atoms with van der Waals surface area (Å²) in [6, 6.07) is 5.02.